The van der Waals surface area contributed by atoms with E-state index >= 15 is 0 Å². The predicted octanol–water partition coefficient (Wildman–Crippen LogP) is 1.49. The van der Waals surface area contributed by atoms with Crippen LogP contribution in [0.25, 0.3) is 0 Å². The lowest BCUT2D eigenvalue weighted by Crippen LogP contribution is -2.27. The van der Waals surface area contributed by atoms with E-state index in [0.717, 1.165) is 56.0 Å². The fourth-order valence-electron chi connectivity index (χ4n) is 3.68. The fraction of sp³-hybridized carbons (Fsp3) is 0.562. The highest BCUT2D eigenvalue weighted by atomic mass is 16.5. The molecule has 0 bridgehead atoms. The first-order valence-electron chi connectivity index (χ1n) is 8.40. The van der Waals surface area contributed by atoms with Crippen molar-refractivity contribution in [2.75, 3.05) is 11.4 Å². The molecule has 0 saturated carbocycles. The average molecular weight is 328 g/mol. The number of amides is 1. The van der Waals surface area contributed by atoms with Gasteiger partial charge in [0.05, 0.1) is 0 Å². The number of hydrogen-bond donors (Lipinski definition) is 1. The maximum atomic E-state index is 11.2. The van der Waals surface area contributed by atoms with Gasteiger partial charge in [0.2, 0.25) is 5.89 Å². The summed E-state index contributed by atoms with van der Waals surface area (Å²) in [5.41, 5.74) is 7.63. The number of aromatic nitrogens is 4. The lowest BCUT2D eigenvalue weighted by atomic mass is 9.96. The molecule has 1 aliphatic heterocycles. The minimum absolute atomic E-state index is 0.0640. The molecule has 1 aliphatic carbocycles. The lowest BCUT2D eigenvalue weighted by Gasteiger charge is -2.28. The second-order valence-corrected chi connectivity index (χ2v) is 6.40. The van der Waals surface area contributed by atoms with E-state index < -0.39 is 5.91 Å². The molecule has 1 fully saturated rings. The zero-order valence-corrected chi connectivity index (χ0v) is 13.7. The second kappa shape index (κ2) is 5.85. The molecule has 126 valence electrons. The zero-order valence-electron chi connectivity index (χ0n) is 13.7. The van der Waals surface area contributed by atoms with E-state index in [1.54, 1.807) is 0 Å². The van der Waals surface area contributed by atoms with E-state index in [1.165, 1.54) is 12.0 Å². The smallest absolute Gasteiger partial charge is 0.290 e. The van der Waals surface area contributed by atoms with Crippen LogP contribution in [-0.4, -0.2) is 32.6 Å². The molecule has 1 amide bonds. The van der Waals surface area contributed by atoms with Crippen molar-refractivity contribution < 1.29 is 9.32 Å². The molecule has 0 spiro atoms. The molecule has 2 N–H and O–H groups in total. The summed E-state index contributed by atoms with van der Waals surface area (Å²) >= 11 is 0. The van der Waals surface area contributed by atoms with Gasteiger partial charge in [-0.05, 0) is 45.4 Å². The van der Waals surface area contributed by atoms with Gasteiger partial charge in [-0.2, -0.15) is 4.98 Å². The van der Waals surface area contributed by atoms with Crippen molar-refractivity contribution in [1.82, 2.24) is 20.1 Å². The van der Waals surface area contributed by atoms with Crippen molar-refractivity contribution >= 4 is 11.7 Å². The molecule has 1 saturated heterocycles. The summed E-state index contributed by atoms with van der Waals surface area (Å²) in [6, 6.07) is -0.0640. The van der Waals surface area contributed by atoms with Gasteiger partial charge in [0.25, 0.3) is 11.7 Å². The summed E-state index contributed by atoms with van der Waals surface area (Å²) in [5, 5.41) is 3.67. The van der Waals surface area contributed by atoms with Gasteiger partial charge in [0.1, 0.15) is 17.7 Å². The van der Waals surface area contributed by atoms with Crippen LogP contribution in [0, 0.1) is 6.92 Å². The first kappa shape index (κ1) is 15.0. The lowest BCUT2D eigenvalue weighted by molar-refractivity contribution is 0.0987. The Balaban J connectivity index is 1.72. The zero-order chi connectivity index (χ0) is 16.7. The third-order valence-corrected chi connectivity index (χ3v) is 4.75. The fourth-order valence-corrected chi connectivity index (χ4v) is 3.68. The molecule has 1 unspecified atom stereocenters. The van der Waals surface area contributed by atoms with Gasteiger partial charge in [0.15, 0.2) is 0 Å². The highest BCUT2D eigenvalue weighted by molar-refractivity contribution is 5.88. The molecule has 4 rings (SSSR count). The highest BCUT2D eigenvalue weighted by Crippen LogP contribution is 2.38. The Morgan fingerprint density at radius 2 is 2.04 bits per heavy atom. The molecule has 24 heavy (non-hydrogen) atoms. The molecule has 2 aromatic rings. The number of hydrogen-bond acceptors (Lipinski definition) is 7. The van der Waals surface area contributed by atoms with Crippen molar-refractivity contribution in [2.24, 2.45) is 5.73 Å². The molecule has 1 atom stereocenters. The number of carbonyl (C=O) groups is 1. The number of aryl methyl sites for hydroxylation is 2. The summed E-state index contributed by atoms with van der Waals surface area (Å²) in [6.07, 6.45) is 6.26. The van der Waals surface area contributed by atoms with Crippen molar-refractivity contribution in [3.8, 4) is 0 Å². The van der Waals surface area contributed by atoms with E-state index in [0.29, 0.717) is 5.89 Å². The minimum Gasteiger partial charge on any atom is -0.363 e. The third kappa shape index (κ3) is 2.51. The van der Waals surface area contributed by atoms with Crippen molar-refractivity contribution in [3.05, 3.63) is 28.8 Å². The molecule has 3 heterocycles. The molecule has 0 aromatic carbocycles. The first-order chi connectivity index (χ1) is 11.6. The summed E-state index contributed by atoms with van der Waals surface area (Å²) in [7, 11) is 0. The van der Waals surface area contributed by atoms with Gasteiger partial charge in [-0.3, -0.25) is 4.79 Å². The number of rotatable bonds is 3. The van der Waals surface area contributed by atoms with Crippen LogP contribution in [0.1, 0.15) is 65.3 Å². The second-order valence-electron chi connectivity index (χ2n) is 6.40. The van der Waals surface area contributed by atoms with Gasteiger partial charge >= 0.3 is 0 Å². The van der Waals surface area contributed by atoms with Crippen molar-refractivity contribution in [1.29, 1.82) is 0 Å². The van der Waals surface area contributed by atoms with Crippen LogP contribution in [0.15, 0.2) is 4.52 Å². The van der Waals surface area contributed by atoms with Crippen LogP contribution < -0.4 is 10.6 Å². The Kier molecular flexibility index (Phi) is 3.66. The summed E-state index contributed by atoms with van der Waals surface area (Å²) < 4.78 is 5.29. The summed E-state index contributed by atoms with van der Waals surface area (Å²) in [6.45, 7) is 2.81. The SMILES string of the molecule is Cc1nc2c(c(N3CCCC3c3nc(C(N)=O)no3)n1)CCCC2. The topological polar surface area (TPSA) is 111 Å². The molecule has 8 heteroatoms. The normalized spacial score (nSPS) is 20.2. The standard InChI is InChI=1S/C16H20N6O2/c1-9-18-11-6-3-2-5-10(11)15(19-9)22-8-4-7-12(22)16-20-14(13(17)23)21-24-16/h12H,2-8H2,1H3,(H2,17,23). The number of primary amides is 1. The number of nitrogens with zero attached hydrogens (tertiary/aromatic N) is 5. The Morgan fingerprint density at radius 3 is 2.83 bits per heavy atom. The Labute approximate surface area is 139 Å². The van der Waals surface area contributed by atoms with Crippen LogP contribution in [0.5, 0.6) is 0 Å². The van der Waals surface area contributed by atoms with E-state index in [2.05, 4.69) is 20.0 Å². The Morgan fingerprint density at radius 1 is 1.21 bits per heavy atom. The monoisotopic (exact) mass is 328 g/mol. The number of nitrogens with two attached hydrogens (primary N) is 1. The molecule has 8 nitrogen and oxygen atoms in total. The van der Waals surface area contributed by atoms with Crippen LogP contribution in [-0.2, 0) is 12.8 Å². The summed E-state index contributed by atoms with van der Waals surface area (Å²) in [4.78, 5) is 26.9. The van der Waals surface area contributed by atoms with Crippen LogP contribution in [0.2, 0.25) is 0 Å². The average Bonchev–Trinajstić information content (AvgIpc) is 3.22. The molecule has 0 radical (unpaired) electrons. The van der Waals surface area contributed by atoms with E-state index in [9.17, 15) is 4.79 Å². The first-order valence-corrected chi connectivity index (χ1v) is 8.40. The molecule has 2 aliphatic rings. The maximum absolute atomic E-state index is 11.2. The number of fused-ring (bicyclic) bond motifs is 1. The quantitative estimate of drug-likeness (QED) is 0.908. The van der Waals surface area contributed by atoms with E-state index in [1.807, 2.05) is 6.92 Å². The molecular formula is C16H20N6O2. The van der Waals surface area contributed by atoms with E-state index in [4.69, 9.17) is 15.2 Å². The van der Waals surface area contributed by atoms with Crippen molar-refractivity contribution in [3.63, 3.8) is 0 Å². The number of carbonyl (C=O) groups excluding carboxylic acids is 1. The van der Waals surface area contributed by atoms with Crippen LogP contribution >= 0.6 is 0 Å². The summed E-state index contributed by atoms with van der Waals surface area (Å²) in [5.74, 6) is 1.46. The predicted molar refractivity (Wildman–Crippen MR) is 85.5 cm³/mol. The highest BCUT2D eigenvalue weighted by Gasteiger charge is 2.34. The third-order valence-electron chi connectivity index (χ3n) is 4.75. The Hall–Kier alpha value is -2.51. The van der Waals surface area contributed by atoms with Crippen LogP contribution in [0.3, 0.4) is 0 Å². The molecular weight excluding hydrogens is 308 g/mol. The van der Waals surface area contributed by atoms with Gasteiger partial charge in [-0.1, -0.05) is 5.16 Å². The largest absolute Gasteiger partial charge is 0.363 e. The van der Waals surface area contributed by atoms with Gasteiger partial charge in [-0.15, -0.1) is 0 Å². The van der Waals surface area contributed by atoms with Crippen LogP contribution in [0.4, 0.5) is 5.82 Å². The Bertz CT molecular complexity index is 787. The minimum atomic E-state index is -0.676. The van der Waals surface area contributed by atoms with Gasteiger partial charge in [0, 0.05) is 17.8 Å². The van der Waals surface area contributed by atoms with E-state index in [-0.39, 0.29) is 11.9 Å². The van der Waals surface area contributed by atoms with Crippen molar-refractivity contribution in [2.45, 2.75) is 51.5 Å². The van der Waals surface area contributed by atoms with Gasteiger partial charge < -0.3 is 15.2 Å². The van der Waals surface area contributed by atoms with Gasteiger partial charge in [-0.25, -0.2) is 9.97 Å². The molecule has 2 aromatic heterocycles. The number of anilines is 1. The maximum Gasteiger partial charge on any atom is 0.290 e.